The van der Waals surface area contributed by atoms with Gasteiger partial charge >= 0.3 is 0 Å². The fourth-order valence-electron chi connectivity index (χ4n) is 4.91. The number of fused-ring (bicyclic) bond motifs is 3. The van der Waals surface area contributed by atoms with Gasteiger partial charge in [-0.3, -0.25) is 4.79 Å². The molecule has 4 nitrogen and oxygen atoms in total. The number of carbonyl (C=O) groups is 1. The molecule has 152 valence electrons. The first-order valence-corrected chi connectivity index (χ1v) is 10.4. The fraction of sp³-hybridized carbons (Fsp3) is 0.269. The van der Waals surface area contributed by atoms with Crippen LogP contribution >= 0.6 is 0 Å². The zero-order valence-corrected chi connectivity index (χ0v) is 17.5. The number of nitrogens with one attached hydrogen (secondary N) is 2. The first-order valence-electron chi connectivity index (χ1n) is 10.4. The molecular weight excluding hydrogens is 372 g/mol. The molecular formula is C26H26N2O2. The zero-order valence-electron chi connectivity index (χ0n) is 17.5. The summed E-state index contributed by atoms with van der Waals surface area (Å²) in [4.78, 5) is 13.5. The van der Waals surface area contributed by atoms with Crippen molar-refractivity contribution < 1.29 is 9.53 Å². The number of anilines is 2. The Hall–Kier alpha value is -3.27. The van der Waals surface area contributed by atoms with Gasteiger partial charge in [0.2, 0.25) is 0 Å². The van der Waals surface area contributed by atoms with Gasteiger partial charge in [0.1, 0.15) is 11.5 Å². The minimum absolute atomic E-state index is 0.178. The van der Waals surface area contributed by atoms with Crippen LogP contribution in [0.5, 0.6) is 5.75 Å². The molecule has 0 amide bonds. The Labute approximate surface area is 176 Å². The van der Waals surface area contributed by atoms with E-state index in [9.17, 15) is 4.79 Å². The Balaban J connectivity index is 1.79. The summed E-state index contributed by atoms with van der Waals surface area (Å²) in [5, 5.41) is 9.50. The van der Waals surface area contributed by atoms with Crippen molar-refractivity contribution in [3.05, 3.63) is 78.0 Å². The fourth-order valence-corrected chi connectivity index (χ4v) is 4.91. The highest BCUT2D eigenvalue weighted by atomic mass is 16.5. The third kappa shape index (κ3) is 3.04. The number of para-hydroxylation sites is 2. The second-order valence-electron chi connectivity index (χ2n) is 8.90. The van der Waals surface area contributed by atoms with Crippen LogP contribution < -0.4 is 15.4 Å². The number of ketones is 1. The van der Waals surface area contributed by atoms with Crippen LogP contribution in [0.4, 0.5) is 11.4 Å². The SMILES string of the molecule is COc1ccc2ccccc2c1[C@@H]1Nc2ccccc2NC2=CC(C)(C)CC(=O)[C@H]21. The molecule has 0 saturated carbocycles. The third-order valence-corrected chi connectivity index (χ3v) is 6.17. The Bertz CT molecular complexity index is 1180. The minimum Gasteiger partial charge on any atom is -0.496 e. The van der Waals surface area contributed by atoms with Crippen molar-refractivity contribution in [3.63, 3.8) is 0 Å². The highest BCUT2D eigenvalue weighted by Gasteiger charge is 2.42. The van der Waals surface area contributed by atoms with Crippen LogP contribution in [-0.2, 0) is 4.79 Å². The molecule has 30 heavy (non-hydrogen) atoms. The number of methoxy groups -OCH3 is 1. The Morgan fingerprint density at radius 1 is 0.967 bits per heavy atom. The second kappa shape index (κ2) is 6.91. The lowest BCUT2D eigenvalue weighted by Crippen LogP contribution is -2.36. The summed E-state index contributed by atoms with van der Waals surface area (Å²) >= 11 is 0. The quantitative estimate of drug-likeness (QED) is 0.562. The van der Waals surface area contributed by atoms with Crippen molar-refractivity contribution in [2.75, 3.05) is 17.7 Å². The Morgan fingerprint density at radius 3 is 2.50 bits per heavy atom. The standard InChI is InChI=1S/C26H26N2O2/c1-26(2)14-20-24(21(29)15-26)25(28-19-11-7-6-10-18(19)27-20)23-17-9-5-4-8-16(17)12-13-22(23)30-3/h4-14,24-25,27-28H,15H2,1-3H3/t24-,25-/m0/s1. The molecule has 0 saturated heterocycles. The van der Waals surface area contributed by atoms with E-state index >= 15 is 0 Å². The maximum absolute atomic E-state index is 13.5. The summed E-state index contributed by atoms with van der Waals surface area (Å²) in [6.45, 7) is 4.24. The van der Waals surface area contributed by atoms with Gasteiger partial charge in [0.05, 0.1) is 30.4 Å². The summed E-state index contributed by atoms with van der Waals surface area (Å²) in [6.07, 6.45) is 2.75. The van der Waals surface area contributed by atoms with E-state index in [-0.39, 0.29) is 23.2 Å². The van der Waals surface area contributed by atoms with E-state index in [1.165, 1.54) is 0 Å². The molecule has 2 aliphatic rings. The molecule has 2 N–H and O–H groups in total. The predicted molar refractivity (Wildman–Crippen MR) is 122 cm³/mol. The van der Waals surface area contributed by atoms with Gasteiger partial charge in [0, 0.05) is 17.7 Å². The summed E-state index contributed by atoms with van der Waals surface area (Å²) < 4.78 is 5.80. The lowest BCUT2D eigenvalue weighted by Gasteiger charge is -2.36. The van der Waals surface area contributed by atoms with Crippen LogP contribution in [0.3, 0.4) is 0 Å². The molecule has 3 aromatic carbocycles. The number of hydrogen-bond acceptors (Lipinski definition) is 4. The van der Waals surface area contributed by atoms with Gasteiger partial charge in [0.25, 0.3) is 0 Å². The van der Waals surface area contributed by atoms with Gasteiger partial charge < -0.3 is 15.4 Å². The van der Waals surface area contributed by atoms with Crippen molar-refractivity contribution >= 4 is 27.9 Å². The smallest absolute Gasteiger partial charge is 0.145 e. The average Bonchev–Trinajstić information content (AvgIpc) is 2.88. The number of rotatable bonds is 2. The third-order valence-electron chi connectivity index (χ3n) is 6.17. The van der Waals surface area contributed by atoms with Crippen LogP contribution in [0, 0.1) is 11.3 Å². The molecule has 0 spiro atoms. The lowest BCUT2D eigenvalue weighted by atomic mass is 9.72. The monoisotopic (exact) mass is 398 g/mol. The first-order chi connectivity index (χ1) is 14.5. The summed E-state index contributed by atoms with van der Waals surface area (Å²) in [7, 11) is 1.69. The molecule has 0 fully saturated rings. The van der Waals surface area contributed by atoms with E-state index in [1.54, 1.807) is 7.11 Å². The number of carbonyl (C=O) groups excluding carboxylic acids is 1. The van der Waals surface area contributed by atoms with Crippen LogP contribution in [-0.4, -0.2) is 12.9 Å². The van der Waals surface area contributed by atoms with Crippen LogP contribution in [0.25, 0.3) is 10.8 Å². The van der Waals surface area contributed by atoms with Crippen LogP contribution in [0.15, 0.2) is 72.4 Å². The molecule has 0 bridgehead atoms. The van der Waals surface area contributed by atoms with Crippen LogP contribution in [0.1, 0.15) is 31.9 Å². The average molecular weight is 399 g/mol. The van der Waals surface area contributed by atoms with Crippen molar-refractivity contribution in [1.82, 2.24) is 0 Å². The van der Waals surface area contributed by atoms with Gasteiger partial charge in [0.15, 0.2) is 0 Å². The molecule has 5 rings (SSSR count). The van der Waals surface area contributed by atoms with Gasteiger partial charge in [-0.05, 0) is 34.4 Å². The molecule has 0 radical (unpaired) electrons. The maximum atomic E-state index is 13.5. The summed E-state index contributed by atoms with van der Waals surface area (Å²) in [5.41, 5.74) is 3.79. The molecule has 0 unspecified atom stereocenters. The molecule has 1 aliphatic carbocycles. The molecule has 0 aromatic heterocycles. The number of Topliss-reactive ketones (excluding diaryl/α,β-unsaturated/α-hetero) is 1. The van der Waals surface area contributed by atoms with E-state index in [2.05, 4.69) is 60.9 Å². The topological polar surface area (TPSA) is 50.4 Å². The van der Waals surface area contributed by atoms with Gasteiger partial charge in [-0.15, -0.1) is 0 Å². The molecule has 4 heteroatoms. The normalized spacial score (nSPS) is 22.1. The predicted octanol–water partition coefficient (Wildman–Crippen LogP) is 5.93. The van der Waals surface area contributed by atoms with Crippen molar-refractivity contribution in [1.29, 1.82) is 0 Å². The zero-order chi connectivity index (χ0) is 20.9. The highest BCUT2D eigenvalue weighted by Crippen LogP contribution is 2.48. The summed E-state index contributed by atoms with van der Waals surface area (Å²) in [5.74, 6) is 0.720. The van der Waals surface area contributed by atoms with E-state index in [4.69, 9.17) is 4.74 Å². The van der Waals surface area contributed by atoms with Gasteiger partial charge in [-0.25, -0.2) is 0 Å². The number of ether oxygens (including phenoxy) is 1. The number of allylic oxidation sites excluding steroid dienone is 1. The minimum atomic E-state index is -0.315. The van der Waals surface area contributed by atoms with Gasteiger partial charge in [-0.1, -0.05) is 62.4 Å². The van der Waals surface area contributed by atoms with Gasteiger partial charge in [-0.2, -0.15) is 0 Å². The van der Waals surface area contributed by atoms with Crippen LogP contribution in [0.2, 0.25) is 0 Å². The summed E-state index contributed by atoms with van der Waals surface area (Å²) in [6, 6.07) is 20.3. The highest BCUT2D eigenvalue weighted by molar-refractivity contribution is 5.94. The number of hydrogen-bond donors (Lipinski definition) is 2. The maximum Gasteiger partial charge on any atom is 0.145 e. The molecule has 3 aromatic rings. The molecule has 2 atom stereocenters. The Kier molecular flexibility index (Phi) is 4.31. The van der Waals surface area contributed by atoms with Crippen molar-refractivity contribution in [3.8, 4) is 5.75 Å². The molecule has 1 heterocycles. The second-order valence-corrected chi connectivity index (χ2v) is 8.90. The molecule has 1 aliphatic heterocycles. The lowest BCUT2D eigenvalue weighted by molar-refractivity contribution is -0.124. The first kappa shape index (κ1) is 18.7. The Morgan fingerprint density at radius 2 is 1.70 bits per heavy atom. The van der Waals surface area contributed by atoms with Crippen molar-refractivity contribution in [2.45, 2.75) is 26.3 Å². The number of benzene rings is 3. The van der Waals surface area contributed by atoms with Crippen molar-refractivity contribution in [2.24, 2.45) is 11.3 Å². The van der Waals surface area contributed by atoms with E-state index in [1.807, 2.05) is 30.3 Å². The van der Waals surface area contributed by atoms with E-state index in [0.29, 0.717) is 6.42 Å². The largest absolute Gasteiger partial charge is 0.496 e. The van der Waals surface area contributed by atoms with E-state index < -0.39 is 0 Å². The van der Waals surface area contributed by atoms with E-state index in [0.717, 1.165) is 39.2 Å².